The molecule has 0 aliphatic carbocycles. The second-order valence-electron chi connectivity index (χ2n) is 10.4. The number of ether oxygens (including phenoxy) is 2. The van der Waals surface area contributed by atoms with Gasteiger partial charge in [-0.2, -0.15) is 4.98 Å². The molecule has 3 fully saturated rings. The molecule has 10 atom stereocenters. The number of phosphoric ester groups is 2. The van der Waals surface area contributed by atoms with Gasteiger partial charge in [0, 0.05) is 0 Å². The molecule has 0 aromatic carbocycles. The molecular weight excluding hydrogens is 676 g/mol. The van der Waals surface area contributed by atoms with Crippen LogP contribution in [0.4, 0.5) is 11.8 Å². The van der Waals surface area contributed by atoms with E-state index in [-0.39, 0.29) is 34.1 Å². The second-order valence-corrected chi connectivity index (χ2v) is 13.2. The Labute approximate surface area is 259 Å². The van der Waals surface area contributed by atoms with Crippen molar-refractivity contribution in [2.75, 3.05) is 24.7 Å². The van der Waals surface area contributed by atoms with E-state index in [0.29, 0.717) is 0 Å². The van der Waals surface area contributed by atoms with Crippen molar-refractivity contribution >= 4 is 49.7 Å². The SMILES string of the molecule is N=[N+]=N[C@H]1[C@H]2OP(=O)(O)OC[C@H]3O[C@@H](n4cnc5c(=O)[nH]c(N)nc54)[C@H](OP(=O)(O)OC[C@H]1O[C@H]2n1cnc2c(N)ncnc21)[C@@H]3O. The zero-order chi connectivity index (χ0) is 33.2. The molecule has 0 amide bonds. The molecule has 250 valence electrons. The Hall–Kier alpha value is -4.09. The van der Waals surface area contributed by atoms with E-state index in [1.807, 2.05) is 0 Å². The molecule has 2 unspecified atom stereocenters. The minimum Gasteiger partial charge on any atom is -0.387 e. The van der Waals surface area contributed by atoms with Crippen LogP contribution in [0.1, 0.15) is 12.5 Å². The van der Waals surface area contributed by atoms with Crippen molar-refractivity contribution in [1.29, 1.82) is 5.53 Å². The molecule has 9 N–H and O–H groups in total. The van der Waals surface area contributed by atoms with Crippen molar-refractivity contribution in [1.82, 2.24) is 43.9 Å². The molecule has 3 aliphatic rings. The number of aliphatic hydroxyl groups is 1. The normalized spacial score (nSPS) is 36.3. The zero-order valence-electron chi connectivity index (χ0n) is 23.4. The minimum atomic E-state index is -5.12. The van der Waals surface area contributed by atoms with Crippen LogP contribution in [0, 0.1) is 5.53 Å². The molecule has 27 heteroatoms. The number of aliphatic hydroxyl groups excluding tert-OH is 1. The van der Waals surface area contributed by atoms with Crippen molar-refractivity contribution in [3.8, 4) is 0 Å². The van der Waals surface area contributed by atoms with Gasteiger partial charge in [-0.25, -0.2) is 29.1 Å². The molecule has 0 spiro atoms. The van der Waals surface area contributed by atoms with Gasteiger partial charge in [0.2, 0.25) is 10.9 Å². The molecule has 3 saturated heterocycles. The summed E-state index contributed by atoms with van der Waals surface area (Å²) in [5, 5.41) is 14.9. The van der Waals surface area contributed by atoms with Gasteiger partial charge in [0.25, 0.3) is 5.56 Å². The van der Waals surface area contributed by atoms with Crippen LogP contribution in [0.3, 0.4) is 0 Å². The van der Waals surface area contributed by atoms with Gasteiger partial charge in [0.15, 0.2) is 41.1 Å². The summed E-state index contributed by atoms with van der Waals surface area (Å²) in [6.45, 7) is -1.62. The number of nitrogen functional groups attached to an aromatic ring is 2. The quantitative estimate of drug-likeness (QED) is 0.0705. The molecule has 7 rings (SSSR count). The van der Waals surface area contributed by atoms with Gasteiger partial charge in [-0.1, -0.05) is 0 Å². The highest BCUT2D eigenvalue weighted by molar-refractivity contribution is 7.47. The van der Waals surface area contributed by atoms with Crippen LogP contribution in [-0.4, -0.2) is 104 Å². The topological polar surface area (TPSA) is 360 Å². The number of H-pyrrole nitrogens is 1. The predicted octanol–water partition coefficient (Wildman–Crippen LogP) is -1.78. The largest absolute Gasteiger partial charge is 0.472 e. The monoisotopic (exact) mass is 700 g/mol. The smallest absolute Gasteiger partial charge is 0.387 e. The Morgan fingerprint density at radius 1 is 0.936 bits per heavy atom. The molecule has 4 aromatic rings. The van der Waals surface area contributed by atoms with Gasteiger partial charge in [-0.15, -0.1) is 0 Å². The summed E-state index contributed by atoms with van der Waals surface area (Å²) in [5.74, 6) is -0.276. The van der Waals surface area contributed by atoms with E-state index in [2.05, 4.69) is 39.9 Å². The second kappa shape index (κ2) is 11.6. The average molecular weight is 700 g/mol. The van der Waals surface area contributed by atoms with Crippen LogP contribution in [0.15, 0.2) is 28.9 Å². The summed E-state index contributed by atoms with van der Waals surface area (Å²) < 4.78 is 62.1. The number of rotatable bonds is 3. The van der Waals surface area contributed by atoms with Crippen LogP contribution < -0.4 is 21.9 Å². The van der Waals surface area contributed by atoms with Crippen LogP contribution in [0.2, 0.25) is 0 Å². The van der Waals surface area contributed by atoms with Gasteiger partial charge in [0.1, 0.15) is 53.0 Å². The number of aromatic nitrogens is 8. The molecule has 47 heavy (non-hydrogen) atoms. The fraction of sp³-hybridized carbons (Fsp3) is 0.500. The van der Waals surface area contributed by atoms with E-state index < -0.39 is 83.4 Å². The maximum Gasteiger partial charge on any atom is 0.472 e. The highest BCUT2D eigenvalue weighted by Gasteiger charge is 2.56. The molecule has 7 heterocycles. The van der Waals surface area contributed by atoms with E-state index in [4.69, 9.17) is 44.6 Å². The van der Waals surface area contributed by atoms with E-state index in [0.717, 1.165) is 17.2 Å². The van der Waals surface area contributed by atoms with Crippen LogP contribution >= 0.6 is 15.6 Å². The van der Waals surface area contributed by atoms with Gasteiger partial charge in [0.05, 0.1) is 25.9 Å². The molecular formula is C20H24N13O12P2+. The summed E-state index contributed by atoms with van der Waals surface area (Å²) in [6, 6.07) is -1.40. The highest BCUT2D eigenvalue weighted by atomic mass is 31.2. The van der Waals surface area contributed by atoms with E-state index in [1.165, 1.54) is 10.9 Å². The van der Waals surface area contributed by atoms with Crippen LogP contribution in [0.5, 0.6) is 0 Å². The number of nitrogens with zero attached hydrogens (tertiary/aromatic N) is 9. The Morgan fingerprint density at radius 3 is 2.28 bits per heavy atom. The fourth-order valence-corrected chi connectivity index (χ4v) is 7.35. The summed E-state index contributed by atoms with van der Waals surface area (Å²) in [7, 11) is -10.2. The molecule has 4 aromatic heterocycles. The lowest BCUT2D eigenvalue weighted by atomic mass is 10.1. The lowest BCUT2D eigenvalue weighted by Gasteiger charge is -2.25. The van der Waals surface area contributed by atoms with Crippen molar-refractivity contribution in [2.45, 2.75) is 49.0 Å². The van der Waals surface area contributed by atoms with Gasteiger partial charge in [-0.05, 0) is 0 Å². The molecule has 4 bridgehead atoms. The first-order valence-corrected chi connectivity index (χ1v) is 16.4. The third-order valence-corrected chi connectivity index (χ3v) is 9.49. The predicted molar refractivity (Wildman–Crippen MR) is 148 cm³/mol. The molecule has 3 aliphatic heterocycles. The van der Waals surface area contributed by atoms with Crippen molar-refractivity contribution in [3.63, 3.8) is 0 Å². The first-order chi connectivity index (χ1) is 22.4. The first-order valence-electron chi connectivity index (χ1n) is 13.4. The Morgan fingerprint density at radius 2 is 1.55 bits per heavy atom. The van der Waals surface area contributed by atoms with Gasteiger partial charge in [-0.3, -0.25) is 37.0 Å². The maximum absolute atomic E-state index is 13.3. The number of hydrogen-bond donors (Lipinski definition) is 7. The number of imidazole rings is 2. The van der Waals surface area contributed by atoms with Crippen molar-refractivity contribution < 1.29 is 51.6 Å². The molecule has 0 saturated carbocycles. The number of nitrogens with one attached hydrogen (secondary N) is 2. The number of fused-ring (bicyclic) bond motifs is 6. The van der Waals surface area contributed by atoms with Crippen LogP contribution in [-0.2, 0) is 36.7 Å². The van der Waals surface area contributed by atoms with E-state index >= 15 is 0 Å². The third kappa shape index (κ3) is 5.63. The Bertz CT molecular complexity index is 2070. The van der Waals surface area contributed by atoms with Crippen molar-refractivity contribution in [3.05, 3.63) is 29.3 Å². The molecule has 0 radical (unpaired) electrons. The maximum atomic E-state index is 13.3. The number of hydrogen-bond acceptors (Lipinski definition) is 19. The third-order valence-electron chi connectivity index (χ3n) is 7.52. The van der Waals surface area contributed by atoms with E-state index in [9.17, 15) is 28.8 Å². The number of nitrogens with two attached hydrogens (primary N) is 2. The Kier molecular flexibility index (Phi) is 7.75. The fourth-order valence-electron chi connectivity index (χ4n) is 5.48. The summed E-state index contributed by atoms with van der Waals surface area (Å²) in [5.41, 5.74) is 18.1. The molecule has 25 nitrogen and oxygen atoms in total. The lowest BCUT2D eigenvalue weighted by Crippen LogP contribution is -2.37. The number of anilines is 2. The standard InChI is InChI=1S/C20H23N13O12P2/c21-14-9-15(25-3-24-14)32(4-26-9)18-12-8(30-31-23)6(42-18)1-40-47(38,39)45-13-11(34)7(2-41-46(36,37)44-12)43-19(13)33-5-27-10-16(33)28-20(22)29-17(10)35/h3-8,11-13,18-19,23,34H,1-2H2,(H6-,21,22,24,25,28,29,35,36,37,38,39)/p+1/t6-,7-,8-,11-,12-,13-,18-,19-/m1/s1. The van der Waals surface area contributed by atoms with E-state index in [1.54, 1.807) is 0 Å². The van der Waals surface area contributed by atoms with Gasteiger partial charge < -0.3 is 35.8 Å². The van der Waals surface area contributed by atoms with Crippen molar-refractivity contribution in [2.24, 2.45) is 5.11 Å². The summed E-state index contributed by atoms with van der Waals surface area (Å²) >= 11 is 0. The number of phosphoric acid groups is 2. The first kappa shape index (κ1) is 31.5. The number of aromatic amines is 1. The zero-order valence-corrected chi connectivity index (χ0v) is 25.1. The summed E-state index contributed by atoms with van der Waals surface area (Å²) in [4.78, 5) is 59.3. The van der Waals surface area contributed by atoms with Crippen LogP contribution in [0.25, 0.3) is 22.3 Å². The summed E-state index contributed by atoms with van der Waals surface area (Å²) in [6.07, 6.45) is -7.43. The van der Waals surface area contributed by atoms with Gasteiger partial charge >= 0.3 is 15.6 Å². The lowest BCUT2D eigenvalue weighted by molar-refractivity contribution is -0.0673. The minimum absolute atomic E-state index is 0.0149. The Balaban J connectivity index is 1.26. The highest BCUT2D eigenvalue weighted by Crippen LogP contribution is 2.54. The average Bonchev–Trinajstić information content (AvgIpc) is 3.76.